The summed E-state index contributed by atoms with van der Waals surface area (Å²) in [5, 5.41) is 9.51. The predicted octanol–water partition coefficient (Wildman–Crippen LogP) is 3.79. The van der Waals surface area contributed by atoms with Gasteiger partial charge in [-0.25, -0.2) is 0 Å². The van der Waals surface area contributed by atoms with Crippen LogP contribution in [0.15, 0.2) is 48.5 Å². The lowest BCUT2D eigenvalue weighted by Crippen LogP contribution is -2.38. The maximum Gasteiger partial charge on any atom is 0.253 e. The van der Waals surface area contributed by atoms with Gasteiger partial charge in [0.1, 0.15) is 0 Å². The molecule has 2 aromatic rings. The Bertz CT molecular complexity index is 751. The molecule has 0 atom stereocenters. The molecule has 144 valence electrons. The van der Waals surface area contributed by atoms with E-state index in [1.165, 1.54) is 25.7 Å². The highest BCUT2D eigenvalue weighted by molar-refractivity contribution is 5.94. The summed E-state index contributed by atoms with van der Waals surface area (Å²) in [7, 11) is 4.04. The third kappa shape index (κ3) is 4.76. The van der Waals surface area contributed by atoms with Crippen LogP contribution < -0.4 is 0 Å². The van der Waals surface area contributed by atoms with Crippen LogP contribution in [0.4, 0.5) is 0 Å². The van der Waals surface area contributed by atoms with Gasteiger partial charge >= 0.3 is 0 Å². The van der Waals surface area contributed by atoms with E-state index in [-0.39, 0.29) is 12.5 Å². The molecule has 0 heterocycles. The molecule has 0 saturated heterocycles. The summed E-state index contributed by atoms with van der Waals surface area (Å²) >= 11 is 0. The molecule has 1 amide bonds. The SMILES string of the molecule is CN(CCN(C)C1CCCC1)C(=O)c1ccc(-c2ccccc2CO)cc1. The molecule has 0 radical (unpaired) electrons. The standard InChI is InChI=1S/C23H30N2O2/c1-24(21-8-4-5-9-21)15-16-25(2)23(27)19-13-11-18(12-14-19)22-10-6-3-7-20(22)17-26/h3,6-7,10-14,21,26H,4-5,8-9,15-17H2,1-2H3. The van der Waals surface area contributed by atoms with E-state index in [9.17, 15) is 9.90 Å². The van der Waals surface area contributed by atoms with Crippen LogP contribution in [0.2, 0.25) is 0 Å². The Balaban J connectivity index is 1.61. The van der Waals surface area contributed by atoms with E-state index >= 15 is 0 Å². The van der Waals surface area contributed by atoms with Gasteiger partial charge in [0.2, 0.25) is 0 Å². The summed E-state index contributed by atoms with van der Waals surface area (Å²) in [5.74, 6) is 0.0526. The summed E-state index contributed by atoms with van der Waals surface area (Å²) in [6, 6.07) is 16.1. The molecule has 27 heavy (non-hydrogen) atoms. The van der Waals surface area contributed by atoms with Crippen molar-refractivity contribution >= 4 is 5.91 Å². The molecule has 4 heteroatoms. The van der Waals surface area contributed by atoms with Gasteiger partial charge in [-0.3, -0.25) is 4.79 Å². The van der Waals surface area contributed by atoms with Crippen molar-refractivity contribution < 1.29 is 9.90 Å². The molecule has 4 nitrogen and oxygen atoms in total. The van der Waals surface area contributed by atoms with Crippen molar-refractivity contribution in [3.05, 3.63) is 59.7 Å². The first-order valence-corrected chi connectivity index (χ1v) is 9.85. The number of carbonyl (C=O) groups is 1. The summed E-state index contributed by atoms with van der Waals surface area (Å²) < 4.78 is 0. The van der Waals surface area contributed by atoms with Crippen molar-refractivity contribution in [3.63, 3.8) is 0 Å². The Morgan fingerprint density at radius 1 is 1.00 bits per heavy atom. The van der Waals surface area contributed by atoms with Crippen LogP contribution in [0.25, 0.3) is 11.1 Å². The summed E-state index contributed by atoms with van der Waals surface area (Å²) in [6.07, 6.45) is 5.22. The lowest BCUT2D eigenvalue weighted by Gasteiger charge is -2.27. The van der Waals surface area contributed by atoms with E-state index in [1.54, 1.807) is 0 Å². The van der Waals surface area contributed by atoms with Crippen LogP contribution in [0.3, 0.4) is 0 Å². The molecular formula is C23H30N2O2. The molecule has 0 aromatic heterocycles. The number of rotatable bonds is 7. The van der Waals surface area contributed by atoms with Crippen molar-refractivity contribution in [2.24, 2.45) is 0 Å². The van der Waals surface area contributed by atoms with Crippen LogP contribution in [0.1, 0.15) is 41.6 Å². The zero-order chi connectivity index (χ0) is 19.2. The minimum atomic E-state index is 0.00804. The van der Waals surface area contributed by atoms with Crippen LogP contribution in [0, 0.1) is 0 Å². The third-order valence-electron chi connectivity index (χ3n) is 5.71. The monoisotopic (exact) mass is 366 g/mol. The van der Waals surface area contributed by atoms with Crippen molar-refractivity contribution in [1.82, 2.24) is 9.80 Å². The number of amides is 1. The third-order valence-corrected chi connectivity index (χ3v) is 5.71. The maximum absolute atomic E-state index is 12.7. The van der Waals surface area contributed by atoms with Gasteiger partial charge in [0.15, 0.2) is 0 Å². The van der Waals surface area contributed by atoms with E-state index in [4.69, 9.17) is 0 Å². The number of aliphatic hydroxyl groups is 1. The number of likely N-dealkylation sites (N-methyl/N-ethyl adjacent to an activating group) is 2. The van der Waals surface area contributed by atoms with Crippen molar-refractivity contribution in [1.29, 1.82) is 0 Å². The zero-order valence-electron chi connectivity index (χ0n) is 16.4. The molecule has 3 rings (SSSR count). The molecule has 0 aliphatic heterocycles. The summed E-state index contributed by atoms with van der Waals surface area (Å²) in [5.41, 5.74) is 3.61. The van der Waals surface area contributed by atoms with Crippen molar-refractivity contribution in [2.45, 2.75) is 38.3 Å². The van der Waals surface area contributed by atoms with E-state index < -0.39 is 0 Å². The Hall–Kier alpha value is -2.17. The average molecular weight is 367 g/mol. The van der Waals surface area contributed by atoms with Crippen LogP contribution >= 0.6 is 0 Å². The molecule has 0 spiro atoms. The Morgan fingerprint density at radius 2 is 1.67 bits per heavy atom. The van der Waals surface area contributed by atoms with Gasteiger partial charge in [-0.05, 0) is 48.7 Å². The molecule has 1 N–H and O–H groups in total. The maximum atomic E-state index is 12.7. The highest BCUT2D eigenvalue weighted by atomic mass is 16.3. The Kier molecular flexibility index (Phi) is 6.64. The van der Waals surface area contributed by atoms with E-state index in [0.717, 1.165) is 29.8 Å². The number of nitrogens with zero attached hydrogens (tertiary/aromatic N) is 2. The second kappa shape index (κ2) is 9.16. The van der Waals surface area contributed by atoms with Gasteiger partial charge in [0.05, 0.1) is 6.61 Å². The smallest absolute Gasteiger partial charge is 0.253 e. The largest absolute Gasteiger partial charge is 0.392 e. The minimum absolute atomic E-state index is 0.00804. The van der Waals surface area contributed by atoms with Crippen molar-refractivity contribution in [3.8, 4) is 11.1 Å². The Labute approximate surface area is 162 Å². The average Bonchev–Trinajstić information content (AvgIpc) is 3.26. The van der Waals surface area contributed by atoms with Crippen LogP contribution in [0.5, 0.6) is 0 Å². The van der Waals surface area contributed by atoms with E-state index in [1.807, 2.05) is 60.5 Å². The fourth-order valence-electron chi connectivity index (χ4n) is 3.89. The quantitative estimate of drug-likeness (QED) is 0.811. The molecule has 1 saturated carbocycles. The van der Waals surface area contributed by atoms with Gasteiger partial charge in [-0.15, -0.1) is 0 Å². The second-order valence-corrected chi connectivity index (χ2v) is 7.54. The molecule has 1 aliphatic rings. The lowest BCUT2D eigenvalue weighted by molar-refractivity contribution is 0.0774. The number of hydrogen-bond donors (Lipinski definition) is 1. The fourth-order valence-corrected chi connectivity index (χ4v) is 3.89. The molecule has 1 fully saturated rings. The van der Waals surface area contributed by atoms with Gasteiger partial charge in [0.25, 0.3) is 5.91 Å². The minimum Gasteiger partial charge on any atom is -0.392 e. The van der Waals surface area contributed by atoms with Crippen molar-refractivity contribution in [2.75, 3.05) is 27.2 Å². The van der Waals surface area contributed by atoms with Crippen LogP contribution in [-0.4, -0.2) is 54.0 Å². The van der Waals surface area contributed by atoms with Gasteiger partial charge in [-0.1, -0.05) is 49.2 Å². The Morgan fingerprint density at radius 3 is 2.33 bits per heavy atom. The first kappa shape index (κ1) is 19.6. The summed E-state index contributed by atoms with van der Waals surface area (Å²) in [4.78, 5) is 16.9. The van der Waals surface area contributed by atoms with Crippen LogP contribution in [-0.2, 0) is 6.61 Å². The molecule has 0 bridgehead atoms. The molecule has 0 unspecified atom stereocenters. The number of carbonyl (C=O) groups excluding carboxylic acids is 1. The predicted molar refractivity (Wildman–Crippen MR) is 110 cm³/mol. The highest BCUT2D eigenvalue weighted by Gasteiger charge is 2.20. The first-order chi connectivity index (χ1) is 13.1. The van der Waals surface area contributed by atoms with E-state index in [2.05, 4.69) is 11.9 Å². The number of hydrogen-bond acceptors (Lipinski definition) is 3. The van der Waals surface area contributed by atoms with Gasteiger partial charge in [-0.2, -0.15) is 0 Å². The second-order valence-electron chi connectivity index (χ2n) is 7.54. The highest BCUT2D eigenvalue weighted by Crippen LogP contribution is 2.25. The number of aliphatic hydroxyl groups excluding tert-OH is 1. The van der Waals surface area contributed by atoms with E-state index in [0.29, 0.717) is 11.6 Å². The first-order valence-electron chi connectivity index (χ1n) is 9.85. The lowest BCUT2D eigenvalue weighted by atomic mass is 9.99. The number of benzene rings is 2. The van der Waals surface area contributed by atoms with Gasteiger partial charge < -0.3 is 14.9 Å². The fraction of sp³-hybridized carbons (Fsp3) is 0.435. The normalized spacial score (nSPS) is 14.7. The molecule has 2 aromatic carbocycles. The zero-order valence-corrected chi connectivity index (χ0v) is 16.4. The summed E-state index contributed by atoms with van der Waals surface area (Å²) in [6.45, 7) is 1.66. The van der Waals surface area contributed by atoms with Gasteiger partial charge in [0, 0.05) is 31.7 Å². The topological polar surface area (TPSA) is 43.8 Å². The molecule has 1 aliphatic carbocycles. The molecular weight excluding hydrogens is 336 g/mol.